The summed E-state index contributed by atoms with van der Waals surface area (Å²) in [7, 11) is 12.6. The first-order valence-electron chi connectivity index (χ1n) is 28.5. The van der Waals surface area contributed by atoms with Gasteiger partial charge in [0.05, 0.1) is 100.0 Å². The number of carbonyl (C=O) groups excluding carboxylic acids is 2. The highest BCUT2D eigenvalue weighted by molar-refractivity contribution is 5.72. The molecule has 16 nitrogen and oxygen atoms in total. The van der Waals surface area contributed by atoms with Crippen LogP contribution >= 0.6 is 0 Å². The minimum atomic E-state index is -0.861. The van der Waals surface area contributed by atoms with E-state index in [2.05, 4.69) is 40.3 Å². The van der Waals surface area contributed by atoms with Crippen molar-refractivity contribution < 1.29 is 77.1 Å². The van der Waals surface area contributed by atoms with Gasteiger partial charge >= 0.3 is 17.9 Å². The van der Waals surface area contributed by atoms with Crippen molar-refractivity contribution >= 4 is 17.9 Å². The molecule has 0 spiro atoms. The molecule has 0 radical (unpaired) electrons. The molecule has 0 amide bonds. The Morgan fingerprint density at radius 3 is 1.11 bits per heavy atom. The third kappa shape index (κ3) is 17.6. The number of rotatable bonds is 19. The molecule has 0 aromatic heterocycles. The minimum absolute atomic E-state index is 0.0152. The Kier molecular flexibility index (Phi) is 25.5. The fourth-order valence-electron chi connectivity index (χ4n) is 10.8. The Morgan fingerprint density at radius 2 is 0.782 bits per heavy atom. The maximum absolute atomic E-state index is 11.6. The fourth-order valence-corrected chi connectivity index (χ4v) is 10.8. The number of carboxylic acids is 1. The van der Waals surface area contributed by atoms with Crippen LogP contribution in [-0.4, -0.2) is 90.1 Å². The summed E-state index contributed by atoms with van der Waals surface area (Å²) >= 11 is 0. The number of hydrogen-bond acceptors (Lipinski definition) is 15. The first-order valence-corrected chi connectivity index (χ1v) is 28.5. The van der Waals surface area contributed by atoms with E-state index < -0.39 is 5.97 Å². The predicted octanol–water partition coefficient (Wildman–Crippen LogP) is 12.5. The molecule has 0 fully saturated rings. The summed E-state index contributed by atoms with van der Waals surface area (Å²) in [5.41, 5.74) is 9.32. The van der Waals surface area contributed by atoms with Gasteiger partial charge < -0.3 is 62.7 Å². The molecule has 0 heterocycles. The van der Waals surface area contributed by atoms with Gasteiger partial charge in [0.2, 0.25) is 0 Å². The molecular formula is C71H78O16. The van der Waals surface area contributed by atoms with Gasteiger partial charge in [-0.15, -0.1) is 17.8 Å². The molecule has 0 saturated carbocycles. The minimum Gasteiger partial charge on any atom is -0.508 e. The highest BCUT2D eigenvalue weighted by Crippen LogP contribution is 2.46. The van der Waals surface area contributed by atoms with Crippen molar-refractivity contribution in [2.24, 2.45) is 0 Å². The van der Waals surface area contributed by atoms with Gasteiger partial charge in [-0.1, -0.05) is 72.4 Å². The zero-order chi connectivity index (χ0) is 63.0. The maximum Gasteiger partial charge on any atom is 0.307 e. The van der Waals surface area contributed by atoms with E-state index in [9.17, 15) is 19.5 Å². The molecule has 16 heteroatoms. The van der Waals surface area contributed by atoms with E-state index in [1.165, 1.54) is 14.2 Å². The number of aromatic hydroxyl groups is 1. The number of aliphatic hydroxyl groups excluding tert-OH is 1. The van der Waals surface area contributed by atoms with Gasteiger partial charge in [-0.3, -0.25) is 14.4 Å². The molecule has 0 bridgehead atoms. The number of esters is 2. The number of benzene rings is 6. The van der Waals surface area contributed by atoms with Crippen LogP contribution in [-0.2, 0) is 43.1 Å². The average molecular weight is 1190 g/mol. The monoisotopic (exact) mass is 1190 g/mol. The third-order valence-electron chi connectivity index (χ3n) is 15.0. The number of phenolic OH excluding ortho intramolecular Hbond substituents is 1. The second-order valence-corrected chi connectivity index (χ2v) is 20.2. The normalized spacial score (nSPS) is 15.4. The van der Waals surface area contributed by atoms with Crippen LogP contribution in [0.15, 0.2) is 109 Å². The van der Waals surface area contributed by atoms with Crippen molar-refractivity contribution in [1.82, 2.24) is 0 Å². The van der Waals surface area contributed by atoms with Crippen molar-refractivity contribution in [2.75, 3.05) is 56.9 Å². The first kappa shape index (κ1) is 66.7. The van der Waals surface area contributed by atoms with Crippen LogP contribution in [0.1, 0.15) is 145 Å². The Bertz CT molecular complexity index is 3460. The number of aliphatic hydroxyl groups is 1. The predicted molar refractivity (Wildman–Crippen MR) is 330 cm³/mol. The molecular weight excluding hydrogens is 1110 g/mol. The van der Waals surface area contributed by atoms with Gasteiger partial charge in [0.1, 0.15) is 29.5 Å². The van der Waals surface area contributed by atoms with E-state index in [-0.39, 0.29) is 73.0 Å². The molecule has 0 saturated heterocycles. The molecule has 6 atom stereocenters. The summed E-state index contributed by atoms with van der Waals surface area (Å²) in [6.45, 7) is 5.21. The van der Waals surface area contributed by atoms with Crippen LogP contribution in [0.4, 0.5) is 0 Å². The van der Waals surface area contributed by atoms with E-state index in [4.69, 9.17) is 52.8 Å². The maximum atomic E-state index is 11.6. The SMILES string of the molecule is CC#C[C@@H](CC(=O)O)c1ccc(OC2CCc3c2ccc(OC)c3OC)cc1.CC#C[C@@H](CC(=O)OC)c1ccc(O)cc1.CC#C[C@@H](CC(=O)OC)c1ccc(OC2CCc3c2ccc(OC)c3OC)cc1.COc1ccc2c(c1OC)CCC2O. The number of carbonyl (C=O) groups is 3. The van der Waals surface area contributed by atoms with Gasteiger partial charge in [-0.05, 0) is 147 Å². The van der Waals surface area contributed by atoms with Gasteiger partial charge in [-0.25, -0.2) is 0 Å². The fraction of sp³-hybridized carbons (Fsp3) is 0.366. The summed E-state index contributed by atoms with van der Waals surface area (Å²) < 4.78 is 54.2. The lowest BCUT2D eigenvalue weighted by atomic mass is 9.96. The van der Waals surface area contributed by atoms with Crippen LogP contribution in [0.25, 0.3) is 0 Å². The van der Waals surface area contributed by atoms with Gasteiger partial charge in [-0.2, -0.15) is 0 Å². The van der Waals surface area contributed by atoms with Crippen molar-refractivity contribution in [3.05, 3.63) is 159 Å². The summed E-state index contributed by atoms with van der Waals surface area (Å²) in [5.74, 6) is 21.6. The number of fused-ring (bicyclic) bond motifs is 3. The Hall–Kier alpha value is -9.43. The number of methoxy groups -OCH3 is 8. The average Bonchev–Trinajstić information content (AvgIpc) is 1.95. The van der Waals surface area contributed by atoms with Crippen molar-refractivity contribution in [3.63, 3.8) is 0 Å². The number of phenols is 1. The van der Waals surface area contributed by atoms with Crippen molar-refractivity contribution in [3.8, 4) is 87.3 Å². The zero-order valence-electron chi connectivity index (χ0n) is 51.4. The lowest BCUT2D eigenvalue weighted by Gasteiger charge is -2.17. The topological polar surface area (TPSA) is 204 Å². The summed E-state index contributed by atoms with van der Waals surface area (Å²) in [6, 6.07) is 33.6. The second kappa shape index (κ2) is 33.3. The first-order chi connectivity index (χ1) is 42.1. The molecule has 87 heavy (non-hydrogen) atoms. The Balaban J connectivity index is 0.000000194. The Morgan fingerprint density at radius 1 is 0.448 bits per heavy atom. The highest BCUT2D eigenvalue weighted by atomic mass is 16.5. The smallest absolute Gasteiger partial charge is 0.307 e. The number of aliphatic carboxylic acids is 1. The number of hydrogen-bond donors (Lipinski definition) is 3. The number of carboxylic acid groups (broad SMARTS) is 1. The molecule has 3 unspecified atom stereocenters. The van der Waals surface area contributed by atoms with Crippen LogP contribution in [0.2, 0.25) is 0 Å². The van der Waals surface area contributed by atoms with Gasteiger partial charge in [0, 0.05) is 16.7 Å². The molecule has 3 aliphatic rings. The van der Waals surface area contributed by atoms with E-state index in [1.807, 2.05) is 84.9 Å². The molecule has 6 aromatic carbocycles. The third-order valence-corrected chi connectivity index (χ3v) is 15.0. The van der Waals surface area contributed by atoms with Crippen molar-refractivity contribution in [2.45, 2.75) is 115 Å². The van der Waals surface area contributed by atoms with Crippen molar-refractivity contribution in [1.29, 1.82) is 0 Å². The standard InChI is InChI=1S/C24H26O5.C23H24O5.C13H14O3.C11H14O3/c1-5-6-17(15-23(25)27-3)16-7-9-18(10-8-16)29-21-13-12-20-19(21)11-14-22(26-2)24(20)28-4;1-4-5-16(14-22(24)25)15-6-8-17(9-7-15)28-20-12-11-19-18(20)10-13-21(26-2)23(19)27-3;1-3-4-11(9-13(15)16-2)10-5-7-12(14)8-6-10;1-13-10-6-4-7-8(11(10)14-2)3-5-9(7)12/h7-11,14,17,21H,12-13,15H2,1-4H3;6-10,13,16,20H,11-12,14H2,1-3H3,(H,24,25);5-8,11,14H,9H2,1-2H3;4,6,9,12H,3,5H2,1-2H3/t17-,21?;16-,20?;11-;/m000./s1. The van der Waals surface area contributed by atoms with Gasteiger partial charge in [0.25, 0.3) is 0 Å². The quantitative estimate of drug-likeness (QED) is 0.0510. The summed E-state index contributed by atoms with van der Waals surface area (Å²) in [5, 5.41) is 27.9. The van der Waals surface area contributed by atoms with Gasteiger partial charge in [0.15, 0.2) is 34.5 Å². The molecule has 0 aliphatic heterocycles. The molecule has 6 aromatic rings. The molecule has 458 valence electrons. The van der Waals surface area contributed by atoms with E-state index >= 15 is 0 Å². The van der Waals surface area contributed by atoms with Crippen LogP contribution in [0.5, 0.6) is 51.7 Å². The molecule has 3 aliphatic carbocycles. The lowest BCUT2D eigenvalue weighted by molar-refractivity contribution is -0.141. The van der Waals surface area contributed by atoms with E-state index in [0.717, 1.165) is 135 Å². The van der Waals surface area contributed by atoms with E-state index in [0.29, 0.717) is 0 Å². The largest absolute Gasteiger partial charge is 0.508 e. The lowest BCUT2D eigenvalue weighted by Crippen LogP contribution is -2.08. The zero-order valence-corrected chi connectivity index (χ0v) is 51.4. The summed E-state index contributed by atoms with van der Waals surface area (Å²) in [6.07, 6.45) is 5.15. The summed E-state index contributed by atoms with van der Waals surface area (Å²) in [4.78, 5) is 33.9. The van der Waals surface area contributed by atoms with Crippen LogP contribution in [0, 0.1) is 35.5 Å². The second-order valence-electron chi connectivity index (χ2n) is 20.2. The molecule has 3 N–H and O–H groups in total. The molecule has 9 rings (SSSR count). The number of ether oxygens (including phenoxy) is 10. The highest BCUT2D eigenvalue weighted by Gasteiger charge is 2.31. The van der Waals surface area contributed by atoms with E-state index in [1.54, 1.807) is 87.7 Å². The van der Waals surface area contributed by atoms with Crippen LogP contribution < -0.4 is 37.9 Å². The Labute approximate surface area is 510 Å². The van der Waals surface area contributed by atoms with Crippen LogP contribution in [0.3, 0.4) is 0 Å².